The summed E-state index contributed by atoms with van der Waals surface area (Å²) in [5.41, 5.74) is 0. The SMILES string of the molecule is C.C.C.C.C.C.C.C.C.C.C.C1=CCNC1.C1=CCNC=C1.C1=CCNCC1.C1=CCNCCC1.C1=CCOC1.C1=CCOC=C1.C1=CCSC1.C1=CCSC1.C1=CNC=CC1.C1=CNC=CC1.C1=CNCC1.C1=CNCCC1.C1=COC=CNC1.C1=COCC1.C1=COCC1.C1=CSCCC1. The zero-order valence-corrected chi connectivity index (χ0v) is 57.1. The molecule has 16 heterocycles. The molecule has 9 N–H and O–H groups in total. The number of hydrogen-bond donors (Lipinski definition) is 9. The van der Waals surface area contributed by atoms with Gasteiger partial charge in [-0.25, -0.2) is 0 Å². The summed E-state index contributed by atoms with van der Waals surface area (Å²) in [5.74, 6) is 6.27. The molecule has 16 aliphatic rings. The van der Waals surface area contributed by atoms with Gasteiger partial charge in [0.15, 0.2) is 0 Å². The molecular weight excluding hydrogens is 1320 g/mol. The Labute approximate surface area is 645 Å². The van der Waals surface area contributed by atoms with Gasteiger partial charge in [-0.1, -0.05) is 215 Å². The molecule has 0 aromatic heterocycles. The molecule has 0 saturated heterocycles. The van der Waals surface area contributed by atoms with E-state index in [1.807, 2.05) is 139 Å². The normalized spacial score (nSPS) is 17.3. The number of ether oxygens (including phenoxy) is 5. The summed E-state index contributed by atoms with van der Waals surface area (Å²) < 4.78 is 23.9. The van der Waals surface area contributed by atoms with Gasteiger partial charge in [0.1, 0.15) is 12.9 Å². The lowest BCUT2D eigenvalue weighted by molar-refractivity contribution is 0.213. The lowest BCUT2D eigenvalue weighted by atomic mass is 10.2. The summed E-state index contributed by atoms with van der Waals surface area (Å²) in [5, 5.41) is 29.7. The second kappa shape index (κ2) is 116. The van der Waals surface area contributed by atoms with E-state index in [2.05, 4.69) is 163 Å². The third kappa shape index (κ3) is 112. The van der Waals surface area contributed by atoms with Crippen molar-refractivity contribution in [3.8, 4) is 0 Å². The average molecular weight is 1480 g/mol. The minimum Gasteiger partial charge on any atom is -0.501 e. The van der Waals surface area contributed by atoms with E-state index in [1.165, 1.54) is 86.7 Å². The number of allylic oxidation sites excluding steroid dienone is 11. The van der Waals surface area contributed by atoms with Crippen LogP contribution >= 0.6 is 35.3 Å². The fraction of sp³-hybridized carbons (Fsp3) is 0.506. The van der Waals surface area contributed by atoms with Crippen LogP contribution in [-0.2, 0) is 23.7 Å². The van der Waals surface area contributed by atoms with Crippen LogP contribution in [0.15, 0.2) is 256 Å². The predicted octanol–water partition coefficient (Wildman–Crippen LogP) is 21.4. The van der Waals surface area contributed by atoms with E-state index in [4.69, 9.17) is 23.7 Å². The molecule has 102 heavy (non-hydrogen) atoms. The van der Waals surface area contributed by atoms with Gasteiger partial charge in [0.2, 0.25) is 0 Å². The van der Waals surface area contributed by atoms with Crippen molar-refractivity contribution < 1.29 is 23.7 Å². The van der Waals surface area contributed by atoms with E-state index in [0.29, 0.717) is 0 Å². The highest BCUT2D eigenvalue weighted by Crippen LogP contribution is 2.12. The van der Waals surface area contributed by atoms with Crippen LogP contribution in [0.5, 0.6) is 0 Å². The van der Waals surface area contributed by atoms with Gasteiger partial charge in [-0.3, -0.25) is 0 Å². The van der Waals surface area contributed by atoms with Crippen LogP contribution in [-0.4, -0.2) is 127 Å². The fourth-order valence-electron chi connectivity index (χ4n) is 6.84. The van der Waals surface area contributed by atoms with Crippen molar-refractivity contribution in [3.63, 3.8) is 0 Å². The molecule has 0 fully saturated rings. The minimum atomic E-state index is 0. The van der Waals surface area contributed by atoms with Gasteiger partial charge >= 0.3 is 0 Å². The molecule has 0 aliphatic carbocycles. The summed E-state index contributed by atoms with van der Waals surface area (Å²) in [6.45, 7) is 14.9. The van der Waals surface area contributed by atoms with Crippen molar-refractivity contribution in [2.75, 3.05) is 127 Å². The molecule has 592 valence electrons. The lowest BCUT2D eigenvalue weighted by Gasteiger charge is -2.02. The monoisotopic (exact) mass is 1480 g/mol. The molecular formula is C85H159N9O5S3. The highest BCUT2D eigenvalue weighted by atomic mass is 32.2. The molecule has 16 aliphatic heterocycles. The molecule has 0 radical (unpaired) electrons. The van der Waals surface area contributed by atoms with Crippen molar-refractivity contribution in [3.05, 3.63) is 256 Å². The van der Waals surface area contributed by atoms with Crippen LogP contribution in [0.25, 0.3) is 0 Å². The number of nitrogens with one attached hydrogen (secondary N) is 9. The minimum absolute atomic E-state index is 0. The summed E-state index contributed by atoms with van der Waals surface area (Å²) >= 11 is 5.84. The molecule has 0 atom stereocenters. The van der Waals surface area contributed by atoms with Crippen LogP contribution in [0.3, 0.4) is 0 Å². The quantitative estimate of drug-likeness (QED) is 0.106. The Morgan fingerprint density at radius 3 is 1.01 bits per heavy atom. The first-order valence-corrected chi connectivity index (χ1v) is 36.0. The average Bonchev–Trinajstić information content (AvgIpc) is 4.73. The number of hydrogen-bond acceptors (Lipinski definition) is 17. The third-order valence-corrected chi connectivity index (χ3v) is 14.2. The van der Waals surface area contributed by atoms with Gasteiger partial charge in [0.25, 0.3) is 0 Å². The maximum Gasteiger partial charge on any atom is 0.106 e. The molecule has 0 aromatic carbocycles. The molecule has 14 nitrogen and oxygen atoms in total. The highest BCUT2D eigenvalue weighted by Gasteiger charge is 1.91. The van der Waals surface area contributed by atoms with E-state index >= 15 is 0 Å². The Kier molecular flexibility index (Phi) is 135. The number of dihydropyridines is 3. The van der Waals surface area contributed by atoms with Crippen LogP contribution in [0.1, 0.15) is 159 Å². The van der Waals surface area contributed by atoms with Crippen LogP contribution in [0.4, 0.5) is 0 Å². The Bertz CT molecular complexity index is 1840. The van der Waals surface area contributed by atoms with Crippen molar-refractivity contribution in [1.82, 2.24) is 47.9 Å². The Balaban J connectivity index is -0.0000000956. The van der Waals surface area contributed by atoms with Crippen LogP contribution in [0.2, 0.25) is 0 Å². The summed E-state index contributed by atoms with van der Waals surface area (Å²) in [6, 6.07) is 0. The largest absolute Gasteiger partial charge is 0.501 e. The van der Waals surface area contributed by atoms with Gasteiger partial charge in [-0.2, -0.15) is 23.5 Å². The van der Waals surface area contributed by atoms with Crippen molar-refractivity contribution >= 4 is 35.3 Å². The van der Waals surface area contributed by atoms with E-state index < -0.39 is 0 Å². The van der Waals surface area contributed by atoms with E-state index in [1.54, 1.807) is 37.5 Å². The van der Waals surface area contributed by atoms with Gasteiger partial charge in [-0.05, 0) is 168 Å². The number of thioether (sulfide) groups is 3. The standard InChI is InChI=1S/C6H11N.C5H7NO.2C5H9N.3C5H7N.C5H6O.C5H8S.2C4H7N.3C4H6O.2C4H6S.11CH4/c1-2-4-6-7-5-3-1;1-2-6-3-5-7-4-1;7*1-2-4-6-5-3-1;7*1-2-4-5-3-1;;;;;;;;;;;/h1,3,7H,2,4-6H2;1,3-6H,2H2;2,4,6H,1,3,5H2;1-2,6H,3-5H2;2*2-6H,1H2;1-4,6H,5H2;1-4H,5H2;2,4H,1,3,5H2;1,3,5H,2,4H2;1-2,5H,3-4H2;2*1,3H,2,4H2;3*1-2H,3-4H2;11*1H4. The Morgan fingerprint density at radius 1 is 0.275 bits per heavy atom. The van der Waals surface area contributed by atoms with Crippen LogP contribution < -0.4 is 47.9 Å². The molecule has 0 unspecified atom stereocenters. The van der Waals surface area contributed by atoms with E-state index in [9.17, 15) is 0 Å². The summed E-state index contributed by atoms with van der Waals surface area (Å²) in [7, 11) is 0. The summed E-state index contributed by atoms with van der Waals surface area (Å²) in [4.78, 5) is 0. The van der Waals surface area contributed by atoms with E-state index in [-0.39, 0.29) is 81.7 Å². The van der Waals surface area contributed by atoms with Gasteiger partial charge in [0, 0.05) is 94.4 Å². The van der Waals surface area contributed by atoms with Crippen molar-refractivity contribution in [1.29, 1.82) is 0 Å². The van der Waals surface area contributed by atoms with Crippen molar-refractivity contribution in [2.45, 2.75) is 159 Å². The predicted molar refractivity (Wildman–Crippen MR) is 475 cm³/mol. The van der Waals surface area contributed by atoms with Gasteiger partial charge in [-0.15, -0.1) is 11.8 Å². The van der Waals surface area contributed by atoms with Gasteiger partial charge < -0.3 is 71.5 Å². The molecule has 16 rings (SSSR count). The maximum atomic E-state index is 4.83. The molecule has 0 bridgehead atoms. The lowest BCUT2D eigenvalue weighted by Crippen LogP contribution is -2.17. The second-order valence-electron chi connectivity index (χ2n) is 19.4. The maximum absolute atomic E-state index is 4.83. The van der Waals surface area contributed by atoms with E-state index in [0.717, 1.165) is 118 Å². The first kappa shape index (κ1) is 119. The zero-order chi connectivity index (χ0) is 64.3. The fourth-order valence-corrected chi connectivity index (χ4v) is 8.94. The third-order valence-electron chi connectivity index (χ3n) is 11.6. The van der Waals surface area contributed by atoms with Gasteiger partial charge in [0.05, 0.1) is 51.5 Å². The smallest absolute Gasteiger partial charge is 0.106 e. The van der Waals surface area contributed by atoms with Crippen LogP contribution in [0, 0.1) is 0 Å². The second-order valence-corrected chi connectivity index (χ2v) is 22.6. The summed E-state index contributed by atoms with van der Waals surface area (Å²) in [6.07, 6.45) is 96.8. The number of rotatable bonds is 0. The molecule has 17 heteroatoms. The molecule has 0 spiro atoms. The molecule has 0 saturated carbocycles. The Morgan fingerprint density at radius 2 is 0.775 bits per heavy atom. The van der Waals surface area contributed by atoms with Crippen molar-refractivity contribution in [2.24, 2.45) is 0 Å². The molecule has 0 aromatic rings. The topological polar surface area (TPSA) is 154 Å². The highest BCUT2D eigenvalue weighted by molar-refractivity contribution is 8.02. The first-order valence-electron chi connectivity index (χ1n) is 32.6. The zero-order valence-electron chi connectivity index (χ0n) is 54.6. The molecule has 0 amide bonds. The first-order chi connectivity index (χ1) is 45.5. The Hall–Kier alpha value is -6.57.